The lowest BCUT2D eigenvalue weighted by atomic mass is 10.2. The molecule has 0 saturated heterocycles. The number of nitrogens with one attached hydrogen (secondary N) is 1. The number of fused-ring (bicyclic) bond motifs is 3. The van der Waals surface area contributed by atoms with Crippen LogP contribution in [0.4, 0.5) is 5.95 Å². The second-order valence-corrected chi connectivity index (χ2v) is 10.6. The number of sulfonamides is 1. The highest BCUT2D eigenvalue weighted by molar-refractivity contribution is 7.93. The number of aromatic nitrogens is 6. The van der Waals surface area contributed by atoms with Crippen LogP contribution in [0.15, 0.2) is 30.7 Å². The van der Waals surface area contributed by atoms with Crippen molar-refractivity contribution in [2.75, 3.05) is 25.0 Å². The van der Waals surface area contributed by atoms with E-state index in [0.717, 1.165) is 5.56 Å². The van der Waals surface area contributed by atoms with E-state index in [1.807, 2.05) is 20.8 Å². The predicted octanol–water partition coefficient (Wildman–Crippen LogP) is 2.31. The van der Waals surface area contributed by atoms with Crippen molar-refractivity contribution in [2.45, 2.75) is 51.2 Å². The molecule has 1 N–H and O–H groups in total. The van der Waals surface area contributed by atoms with E-state index in [9.17, 15) is 8.42 Å². The first-order valence-corrected chi connectivity index (χ1v) is 12.7. The summed E-state index contributed by atoms with van der Waals surface area (Å²) < 4.78 is 48.3. The zero-order valence-corrected chi connectivity index (χ0v) is 21.1. The molecular weight excluding hydrogens is 474 g/mol. The molecule has 3 aromatic heterocycles. The standard InChI is InChI=1S/C22H29N7O5S/c1-13(2)33-11-16-12-34-21-17(7-6-8-23-21)20-26-27-22(29(16)20)28-35(30,31)15(4)18(32-5)19-24-9-14(3)10-25-19/h6-10,13,15-16,18H,11-12H2,1-5H3,(H,27,28)/t15-,16-,18-/m0/s1. The molecule has 12 nitrogen and oxygen atoms in total. The van der Waals surface area contributed by atoms with Crippen LogP contribution in [0.1, 0.15) is 44.3 Å². The van der Waals surface area contributed by atoms with Gasteiger partial charge in [0.05, 0.1) is 24.3 Å². The maximum absolute atomic E-state index is 13.4. The minimum absolute atomic E-state index is 0.0316. The van der Waals surface area contributed by atoms with E-state index in [0.29, 0.717) is 17.3 Å². The van der Waals surface area contributed by atoms with Gasteiger partial charge in [0, 0.05) is 25.7 Å². The second-order valence-electron chi connectivity index (χ2n) is 8.55. The fraction of sp³-hybridized carbons (Fsp3) is 0.500. The van der Waals surface area contributed by atoms with Gasteiger partial charge < -0.3 is 14.2 Å². The Kier molecular flexibility index (Phi) is 7.28. The molecule has 1 aliphatic rings. The van der Waals surface area contributed by atoms with Gasteiger partial charge in [0.25, 0.3) is 0 Å². The highest BCUT2D eigenvalue weighted by Crippen LogP contribution is 2.35. The molecule has 0 unspecified atom stereocenters. The smallest absolute Gasteiger partial charge is 0.240 e. The number of hydrogen-bond acceptors (Lipinski definition) is 10. The lowest BCUT2D eigenvalue weighted by Gasteiger charge is -2.24. The van der Waals surface area contributed by atoms with Crippen molar-refractivity contribution in [3.05, 3.63) is 42.1 Å². The summed E-state index contributed by atoms with van der Waals surface area (Å²) in [5.74, 6) is 1.14. The van der Waals surface area contributed by atoms with Gasteiger partial charge in [0.15, 0.2) is 11.6 Å². The van der Waals surface area contributed by atoms with E-state index < -0.39 is 27.4 Å². The normalized spacial score (nSPS) is 17.1. The van der Waals surface area contributed by atoms with Crippen LogP contribution in [-0.2, 0) is 19.5 Å². The van der Waals surface area contributed by atoms with E-state index in [2.05, 4.69) is 29.9 Å². The van der Waals surface area contributed by atoms with E-state index in [1.165, 1.54) is 14.0 Å². The minimum atomic E-state index is -4.01. The Morgan fingerprint density at radius 1 is 1.20 bits per heavy atom. The predicted molar refractivity (Wildman–Crippen MR) is 127 cm³/mol. The summed E-state index contributed by atoms with van der Waals surface area (Å²) in [5, 5.41) is 7.39. The second kappa shape index (κ2) is 10.2. The van der Waals surface area contributed by atoms with Crippen LogP contribution in [0.3, 0.4) is 0 Å². The third-order valence-corrected chi connectivity index (χ3v) is 7.26. The number of aryl methyl sites for hydroxylation is 1. The van der Waals surface area contributed by atoms with Crippen LogP contribution >= 0.6 is 0 Å². The molecule has 0 radical (unpaired) electrons. The number of methoxy groups -OCH3 is 1. The third-order valence-electron chi connectivity index (χ3n) is 5.57. The molecule has 4 rings (SSSR count). The molecule has 3 aromatic rings. The summed E-state index contributed by atoms with van der Waals surface area (Å²) in [6.07, 6.45) is 3.92. The van der Waals surface area contributed by atoms with Crippen molar-refractivity contribution in [3.8, 4) is 17.3 Å². The lowest BCUT2D eigenvalue weighted by molar-refractivity contribution is 0.0426. The summed E-state index contributed by atoms with van der Waals surface area (Å²) >= 11 is 0. The molecule has 1 aliphatic heterocycles. The van der Waals surface area contributed by atoms with E-state index in [4.69, 9.17) is 14.2 Å². The summed E-state index contributed by atoms with van der Waals surface area (Å²) in [4.78, 5) is 12.8. The van der Waals surface area contributed by atoms with Crippen LogP contribution in [-0.4, -0.2) is 69.8 Å². The first kappa shape index (κ1) is 24.9. The van der Waals surface area contributed by atoms with Gasteiger partial charge in [-0.15, -0.1) is 10.2 Å². The van der Waals surface area contributed by atoms with Crippen LogP contribution in [0.5, 0.6) is 5.88 Å². The summed E-state index contributed by atoms with van der Waals surface area (Å²) in [5.41, 5.74) is 1.46. The number of anilines is 1. The van der Waals surface area contributed by atoms with Gasteiger partial charge in [0.1, 0.15) is 18.0 Å². The molecule has 0 saturated carbocycles. The van der Waals surface area contributed by atoms with Gasteiger partial charge in [-0.05, 0) is 45.4 Å². The van der Waals surface area contributed by atoms with Crippen molar-refractivity contribution >= 4 is 16.0 Å². The summed E-state index contributed by atoms with van der Waals surface area (Å²) in [6, 6.07) is 3.15. The van der Waals surface area contributed by atoms with Gasteiger partial charge in [-0.3, -0.25) is 9.29 Å². The maximum atomic E-state index is 13.4. The topological polar surface area (TPSA) is 143 Å². The van der Waals surface area contributed by atoms with Crippen LogP contribution in [0.2, 0.25) is 0 Å². The van der Waals surface area contributed by atoms with Crippen LogP contribution in [0, 0.1) is 6.92 Å². The van der Waals surface area contributed by atoms with E-state index >= 15 is 0 Å². The third kappa shape index (κ3) is 5.26. The highest BCUT2D eigenvalue weighted by Gasteiger charge is 2.36. The largest absolute Gasteiger partial charge is 0.475 e. The summed E-state index contributed by atoms with van der Waals surface area (Å²) in [6.45, 7) is 7.68. The Morgan fingerprint density at radius 2 is 1.94 bits per heavy atom. The fourth-order valence-electron chi connectivity index (χ4n) is 3.68. The molecule has 0 amide bonds. The van der Waals surface area contributed by atoms with E-state index in [-0.39, 0.29) is 31.1 Å². The van der Waals surface area contributed by atoms with Gasteiger partial charge in [0.2, 0.25) is 21.9 Å². The highest BCUT2D eigenvalue weighted by atomic mass is 32.2. The first-order chi connectivity index (χ1) is 16.7. The van der Waals surface area contributed by atoms with Crippen molar-refractivity contribution in [1.82, 2.24) is 29.7 Å². The quantitative estimate of drug-likeness (QED) is 0.462. The van der Waals surface area contributed by atoms with Crippen LogP contribution < -0.4 is 9.46 Å². The summed E-state index contributed by atoms with van der Waals surface area (Å²) in [7, 11) is -2.59. The van der Waals surface area contributed by atoms with Crippen LogP contribution in [0.25, 0.3) is 11.4 Å². The molecule has 0 spiro atoms. The average molecular weight is 504 g/mol. The number of hydrogen-bond donors (Lipinski definition) is 1. The number of rotatable bonds is 9. The Hall–Kier alpha value is -3.16. The van der Waals surface area contributed by atoms with Crippen molar-refractivity contribution in [2.24, 2.45) is 0 Å². The first-order valence-electron chi connectivity index (χ1n) is 11.2. The monoisotopic (exact) mass is 503 g/mol. The van der Waals surface area contributed by atoms with Crippen molar-refractivity contribution in [3.63, 3.8) is 0 Å². The number of nitrogens with zero attached hydrogens (tertiary/aromatic N) is 6. The molecule has 3 atom stereocenters. The molecule has 35 heavy (non-hydrogen) atoms. The fourth-order valence-corrected chi connectivity index (χ4v) is 4.82. The number of ether oxygens (including phenoxy) is 3. The Labute approximate surface area is 204 Å². The molecule has 0 aliphatic carbocycles. The van der Waals surface area contributed by atoms with Crippen molar-refractivity contribution in [1.29, 1.82) is 0 Å². The van der Waals surface area contributed by atoms with Crippen molar-refractivity contribution < 1.29 is 22.6 Å². The zero-order valence-electron chi connectivity index (χ0n) is 20.2. The van der Waals surface area contributed by atoms with Gasteiger partial charge in [-0.25, -0.2) is 23.4 Å². The molecule has 0 bridgehead atoms. The van der Waals surface area contributed by atoms with Gasteiger partial charge >= 0.3 is 0 Å². The molecule has 188 valence electrons. The van der Waals surface area contributed by atoms with Gasteiger partial charge in [-0.1, -0.05) is 0 Å². The Balaban J connectivity index is 1.69. The maximum Gasteiger partial charge on any atom is 0.240 e. The van der Waals surface area contributed by atoms with E-state index in [1.54, 1.807) is 35.3 Å². The average Bonchev–Trinajstić information content (AvgIpc) is 3.15. The lowest BCUT2D eigenvalue weighted by Crippen LogP contribution is -2.34. The Morgan fingerprint density at radius 3 is 2.63 bits per heavy atom. The molecule has 13 heteroatoms. The van der Waals surface area contributed by atoms with Gasteiger partial charge in [-0.2, -0.15) is 0 Å². The SMILES string of the molecule is CO[C@H](c1ncc(C)cn1)[C@H](C)S(=O)(=O)Nc1nnc2n1[C@@H](COC(C)C)COc1ncccc1-2. The molecular formula is C22H29N7O5S. The molecule has 4 heterocycles. The Bertz CT molecular complexity index is 1260. The zero-order chi connectivity index (χ0) is 25.2. The number of pyridine rings is 1. The molecule has 0 fully saturated rings. The minimum Gasteiger partial charge on any atom is -0.475 e. The molecule has 0 aromatic carbocycles.